The summed E-state index contributed by atoms with van der Waals surface area (Å²) in [6, 6.07) is 5.64. The lowest BCUT2D eigenvalue weighted by molar-refractivity contribution is -0.133. The second-order valence-corrected chi connectivity index (χ2v) is 6.11. The van der Waals surface area contributed by atoms with Crippen LogP contribution < -0.4 is 5.32 Å². The Bertz CT molecular complexity index is 540. The summed E-state index contributed by atoms with van der Waals surface area (Å²) < 4.78 is 0.755. The lowest BCUT2D eigenvalue weighted by atomic mass is 9.97. The van der Waals surface area contributed by atoms with Crippen molar-refractivity contribution < 1.29 is 9.59 Å². The molecule has 19 heavy (non-hydrogen) atoms. The zero-order chi connectivity index (χ0) is 14.2. The maximum Gasteiger partial charge on any atom is 0.255 e. The Morgan fingerprint density at radius 2 is 2.11 bits per heavy atom. The average molecular weight is 325 g/mol. The number of carbonyl (C=O) groups excluding carboxylic acids is 2. The summed E-state index contributed by atoms with van der Waals surface area (Å²) in [5.74, 6) is -0.230. The highest BCUT2D eigenvalue weighted by Gasteiger charge is 2.41. The van der Waals surface area contributed by atoms with Crippen LogP contribution in [0.5, 0.6) is 0 Å². The number of benzene rings is 1. The predicted octanol–water partition coefficient (Wildman–Crippen LogP) is 2.11. The van der Waals surface area contributed by atoms with Gasteiger partial charge < -0.3 is 10.2 Å². The fourth-order valence-corrected chi connectivity index (χ4v) is 2.62. The Hall–Kier alpha value is -1.36. The van der Waals surface area contributed by atoms with Crippen molar-refractivity contribution in [1.82, 2.24) is 10.2 Å². The first kappa shape index (κ1) is 14.1. The van der Waals surface area contributed by atoms with Crippen LogP contribution in [0.1, 0.15) is 29.8 Å². The van der Waals surface area contributed by atoms with Crippen molar-refractivity contribution in [2.24, 2.45) is 0 Å². The molecule has 0 unspecified atom stereocenters. The lowest BCUT2D eigenvalue weighted by Gasteiger charge is -2.41. The van der Waals surface area contributed by atoms with E-state index in [9.17, 15) is 9.59 Å². The molecule has 2 amide bonds. The van der Waals surface area contributed by atoms with Gasteiger partial charge >= 0.3 is 0 Å². The summed E-state index contributed by atoms with van der Waals surface area (Å²) in [5, 5.41) is 2.79. The molecule has 1 aromatic rings. The van der Waals surface area contributed by atoms with Gasteiger partial charge in [0.25, 0.3) is 5.91 Å². The van der Waals surface area contributed by atoms with Gasteiger partial charge in [0.15, 0.2) is 0 Å². The number of amides is 2. The first-order chi connectivity index (χ1) is 8.84. The Labute approximate surface area is 121 Å². The smallest absolute Gasteiger partial charge is 0.255 e. The molecule has 2 rings (SSSR count). The maximum absolute atomic E-state index is 12.6. The van der Waals surface area contributed by atoms with Crippen LogP contribution >= 0.6 is 15.9 Å². The Kier molecular flexibility index (Phi) is 3.67. The molecule has 4 nitrogen and oxygen atoms in total. The number of piperazine rings is 1. The van der Waals surface area contributed by atoms with Crippen LogP contribution in [0.25, 0.3) is 0 Å². The molecule has 102 valence electrons. The van der Waals surface area contributed by atoms with E-state index in [0.717, 1.165) is 10.0 Å². The Balaban J connectivity index is 2.38. The van der Waals surface area contributed by atoms with Gasteiger partial charge in [-0.2, -0.15) is 0 Å². The Morgan fingerprint density at radius 3 is 2.79 bits per heavy atom. The zero-order valence-electron chi connectivity index (χ0n) is 11.3. The van der Waals surface area contributed by atoms with Gasteiger partial charge in [-0.25, -0.2) is 0 Å². The second-order valence-electron chi connectivity index (χ2n) is 5.26. The second kappa shape index (κ2) is 4.96. The van der Waals surface area contributed by atoms with Crippen molar-refractivity contribution >= 4 is 27.7 Å². The molecule has 1 saturated heterocycles. The predicted molar refractivity (Wildman–Crippen MR) is 77.0 cm³/mol. The summed E-state index contributed by atoms with van der Waals surface area (Å²) >= 11 is 3.40. The Morgan fingerprint density at radius 1 is 1.42 bits per heavy atom. The number of nitrogens with zero attached hydrogens (tertiary/aromatic N) is 1. The van der Waals surface area contributed by atoms with E-state index in [-0.39, 0.29) is 11.8 Å². The molecule has 5 heteroatoms. The number of carbonyl (C=O) groups is 2. The van der Waals surface area contributed by atoms with Gasteiger partial charge in [0, 0.05) is 17.6 Å². The van der Waals surface area contributed by atoms with Crippen LogP contribution in [-0.4, -0.2) is 35.3 Å². The fourth-order valence-electron chi connectivity index (χ4n) is 2.20. The summed E-state index contributed by atoms with van der Waals surface area (Å²) in [6.07, 6.45) is 0. The van der Waals surface area contributed by atoms with Gasteiger partial charge in [0.05, 0.1) is 5.56 Å². The molecule has 0 saturated carbocycles. The summed E-state index contributed by atoms with van der Waals surface area (Å²) in [4.78, 5) is 26.2. The van der Waals surface area contributed by atoms with E-state index in [4.69, 9.17) is 0 Å². The third-order valence-electron chi connectivity index (χ3n) is 3.45. The largest absolute Gasteiger partial charge is 0.352 e. The standard InChI is InChI=1S/C14H17BrN2O2/c1-9-4-5-11(15)10(8-9)12(18)17-7-6-16-13(19)14(17,2)3/h4-5,8H,6-7H2,1-3H3,(H,16,19). The van der Waals surface area contributed by atoms with Gasteiger partial charge in [-0.3, -0.25) is 9.59 Å². The molecule has 0 radical (unpaired) electrons. The first-order valence-corrected chi connectivity index (χ1v) is 7.00. The average Bonchev–Trinajstić information content (AvgIpc) is 2.35. The molecular weight excluding hydrogens is 308 g/mol. The van der Waals surface area contributed by atoms with E-state index >= 15 is 0 Å². The van der Waals surface area contributed by atoms with E-state index < -0.39 is 5.54 Å². The van der Waals surface area contributed by atoms with Crippen LogP contribution in [0.3, 0.4) is 0 Å². The van der Waals surface area contributed by atoms with Crippen molar-refractivity contribution in [2.75, 3.05) is 13.1 Å². The van der Waals surface area contributed by atoms with Crippen molar-refractivity contribution in [1.29, 1.82) is 0 Å². The third kappa shape index (κ3) is 2.52. The van der Waals surface area contributed by atoms with Crippen LogP contribution in [0.2, 0.25) is 0 Å². The number of nitrogens with one attached hydrogen (secondary N) is 1. The van der Waals surface area contributed by atoms with E-state index in [1.54, 1.807) is 18.7 Å². The molecule has 1 aliphatic rings. The zero-order valence-corrected chi connectivity index (χ0v) is 12.9. The van der Waals surface area contributed by atoms with Crippen molar-refractivity contribution in [3.05, 3.63) is 33.8 Å². The number of rotatable bonds is 1. The van der Waals surface area contributed by atoms with Crippen LogP contribution in [-0.2, 0) is 4.79 Å². The number of hydrogen-bond acceptors (Lipinski definition) is 2. The monoisotopic (exact) mass is 324 g/mol. The minimum Gasteiger partial charge on any atom is -0.352 e. The molecule has 1 aromatic carbocycles. The van der Waals surface area contributed by atoms with Crippen molar-refractivity contribution in [3.8, 4) is 0 Å². The van der Waals surface area contributed by atoms with E-state index in [0.29, 0.717) is 18.7 Å². The van der Waals surface area contributed by atoms with Crippen molar-refractivity contribution in [3.63, 3.8) is 0 Å². The van der Waals surface area contributed by atoms with E-state index in [1.807, 2.05) is 25.1 Å². The molecule has 0 spiro atoms. The molecule has 0 aromatic heterocycles. The normalized spacial score (nSPS) is 18.1. The minimum atomic E-state index is -0.821. The van der Waals surface area contributed by atoms with E-state index in [1.165, 1.54) is 0 Å². The molecule has 0 bridgehead atoms. The first-order valence-electron chi connectivity index (χ1n) is 6.20. The SMILES string of the molecule is Cc1ccc(Br)c(C(=O)N2CCNC(=O)C2(C)C)c1. The molecule has 1 N–H and O–H groups in total. The van der Waals surface area contributed by atoms with Crippen LogP contribution in [0.15, 0.2) is 22.7 Å². The van der Waals surface area contributed by atoms with Gasteiger partial charge in [-0.05, 0) is 48.8 Å². The summed E-state index contributed by atoms with van der Waals surface area (Å²) in [7, 11) is 0. The molecule has 1 heterocycles. The van der Waals surface area contributed by atoms with Crippen LogP contribution in [0, 0.1) is 6.92 Å². The highest BCUT2D eigenvalue weighted by Crippen LogP contribution is 2.25. The van der Waals surface area contributed by atoms with E-state index in [2.05, 4.69) is 21.2 Å². The van der Waals surface area contributed by atoms with Gasteiger partial charge in [-0.1, -0.05) is 11.6 Å². The molecule has 0 atom stereocenters. The van der Waals surface area contributed by atoms with Gasteiger partial charge in [0.2, 0.25) is 5.91 Å². The highest BCUT2D eigenvalue weighted by atomic mass is 79.9. The summed E-state index contributed by atoms with van der Waals surface area (Å²) in [5.41, 5.74) is 0.798. The number of hydrogen-bond donors (Lipinski definition) is 1. The molecule has 1 fully saturated rings. The van der Waals surface area contributed by atoms with Crippen molar-refractivity contribution in [2.45, 2.75) is 26.3 Å². The number of aryl methyl sites for hydroxylation is 1. The quantitative estimate of drug-likeness (QED) is 0.860. The topological polar surface area (TPSA) is 49.4 Å². The maximum atomic E-state index is 12.6. The minimum absolute atomic E-state index is 0.115. The van der Waals surface area contributed by atoms with Crippen LogP contribution in [0.4, 0.5) is 0 Å². The molecule has 0 aliphatic carbocycles. The van der Waals surface area contributed by atoms with Gasteiger partial charge in [0.1, 0.15) is 5.54 Å². The van der Waals surface area contributed by atoms with Gasteiger partial charge in [-0.15, -0.1) is 0 Å². The fraction of sp³-hybridized carbons (Fsp3) is 0.429. The molecular formula is C14H17BrN2O2. The molecule has 1 aliphatic heterocycles. The number of halogens is 1. The lowest BCUT2D eigenvalue weighted by Crippen LogP contribution is -2.63. The summed E-state index contributed by atoms with van der Waals surface area (Å²) in [6.45, 7) is 6.50. The highest BCUT2D eigenvalue weighted by molar-refractivity contribution is 9.10. The third-order valence-corrected chi connectivity index (χ3v) is 4.14.